The highest BCUT2D eigenvalue weighted by molar-refractivity contribution is 5.94. The first-order chi connectivity index (χ1) is 7.58. The number of nitrogens with zero attached hydrogens (tertiary/aromatic N) is 2. The fourth-order valence-electron chi connectivity index (χ4n) is 1.29. The predicted octanol–water partition coefficient (Wildman–Crippen LogP) is 0.907. The molecule has 1 aromatic rings. The topological polar surface area (TPSA) is 68.5 Å². The molecule has 1 amide bonds. The zero-order chi connectivity index (χ0) is 11.7. The minimum Gasteiger partial charge on any atom is -0.487 e. The Morgan fingerprint density at radius 3 is 2.81 bits per heavy atom. The number of amides is 1. The van der Waals surface area contributed by atoms with Crippen molar-refractivity contribution in [1.29, 1.82) is 0 Å². The number of hydrogen-bond donors (Lipinski definition) is 1. The molecule has 0 unspecified atom stereocenters. The van der Waals surface area contributed by atoms with Gasteiger partial charge in [-0.2, -0.15) is 0 Å². The number of ether oxygens (including phenoxy) is 1. The Bertz CT molecular complexity index is 414. The minimum absolute atomic E-state index is 0.104. The van der Waals surface area contributed by atoms with Gasteiger partial charge in [0, 0.05) is 20.3 Å². The molecule has 1 fully saturated rings. The third-order valence-electron chi connectivity index (χ3n) is 2.35. The molecule has 1 aliphatic rings. The van der Waals surface area contributed by atoms with E-state index in [4.69, 9.17) is 10.5 Å². The molecule has 16 heavy (non-hydrogen) atoms. The van der Waals surface area contributed by atoms with Crippen LogP contribution in [0.4, 0.5) is 5.82 Å². The van der Waals surface area contributed by atoms with Crippen LogP contribution in [0.15, 0.2) is 12.3 Å². The highest BCUT2D eigenvalue weighted by atomic mass is 16.5. The van der Waals surface area contributed by atoms with Crippen LogP contribution < -0.4 is 10.5 Å². The van der Waals surface area contributed by atoms with Gasteiger partial charge in [-0.3, -0.25) is 4.79 Å². The molecule has 2 rings (SSSR count). The highest BCUT2D eigenvalue weighted by Crippen LogP contribution is 2.30. The van der Waals surface area contributed by atoms with Crippen LogP contribution >= 0.6 is 0 Å². The van der Waals surface area contributed by atoms with Crippen LogP contribution in [-0.4, -0.2) is 36.0 Å². The number of hydrogen-bond acceptors (Lipinski definition) is 4. The second kappa shape index (κ2) is 4.00. The number of nitrogen functional groups attached to an aromatic ring is 1. The van der Waals surface area contributed by atoms with E-state index in [9.17, 15) is 4.79 Å². The van der Waals surface area contributed by atoms with E-state index >= 15 is 0 Å². The molecule has 5 heteroatoms. The maximum absolute atomic E-state index is 11.7. The molecule has 0 aliphatic heterocycles. The predicted molar refractivity (Wildman–Crippen MR) is 60.3 cm³/mol. The van der Waals surface area contributed by atoms with E-state index in [1.807, 2.05) is 0 Å². The third kappa shape index (κ3) is 2.24. The molecule has 2 N–H and O–H groups in total. The lowest BCUT2D eigenvalue weighted by atomic mass is 10.2. The van der Waals surface area contributed by atoms with Gasteiger partial charge in [-0.05, 0) is 18.9 Å². The molecule has 0 atom stereocenters. The standard InChI is InChI=1S/C11H15N3O2/c1-14(2)11(15)7-5-9(10(12)13-6-7)16-8-3-4-8/h5-6,8H,3-4H2,1-2H3,(H2,12,13). The lowest BCUT2D eigenvalue weighted by molar-refractivity contribution is 0.0826. The quantitative estimate of drug-likeness (QED) is 0.823. The maximum atomic E-state index is 11.7. The summed E-state index contributed by atoms with van der Waals surface area (Å²) >= 11 is 0. The van der Waals surface area contributed by atoms with Gasteiger partial charge >= 0.3 is 0 Å². The highest BCUT2D eigenvalue weighted by Gasteiger charge is 2.25. The Labute approximate surface area is 94.2 Å². The normalized spacial score (nSPS) is 14.6. The van der Waals surface area contributed by atoms with Gasteiger partial charge in [-0.1, -0.05) is 0 Å². The first kappa shape index (κ1) is 10.7. The van der Waals surface area contributed by atoms with Crippen molar-refractivity contribution in [3.05, 3.63) is 17.8 Å². The van der Waals surface area contributed by atoms with Crippen LogP contribution in [-0.2, 0) is 0 Å². The van der Waals surface area contributed by atoms with Crippen molar-refractivity contribution in [1.82, 2.24) is 9.88 Å². The Balaban J connectivity index is 2.23. The summed E-state index contributed by atoms with van der Waals surface area (Å²) in [5, 5.41) is 0. The molecule has 0 bridgehead atoms. The summed E-state index contributed by atoms with van der Waals surface area (Å²) in [6, 6.07) is 1.66. The molecule has 0 aromatic carbocycles. The van der Waals surface area contributed by atoms with Gasteiger partial charge in [0.05, 0.1) is 11.7 Å². The van der Waals surface area contributed by atoms with Gasteiger partial charge in [-0.15, -0.1) is 0 Å². The Morgan fingerprint density at radius 1 is 1.56 bits per heavy atom. The number of pyridine rings is 1. The fraction of sp³-hybridized carbons (Fsp3) is 0.455. The maximum Gasteiger partial charge on any atom is 0.255 e. The van der Waals surface area contributed by atoms with Gasteiger partial charge in [0.15, 0.2) is 11.6 Å². The molecule has 86 valence electrons. The SMILES string of the molecule is CN(C)C(=O)c1cnc(N)c(OC2CC2)c1. The smallest absolute Gasteiger partial charge is 0.255 e. The summed E-state index contributed by atoms with van der Waals surface area (Å²) in [6.07, 6.45) is 3.81. The summed E-state index contributed by atoms with van der Waals surface area (Å²) in [6.45, 7) is 0. The van der Waals surface area contributed by atoms with Gasteiger partial charge < -0.3 is 15.4 Å². The summed E-state index contributed by atoms with van der Waals surface area (Å²) in [5.74, 6) is 0.741. The minimum atomic E-state index is -0.104. The number of anilines is 1. The van der Waals surface area contributed by atoms with Crippen LogP contribution in [0.1, 0.15) is 23.2 Å². The number of aromatic nitrogens is 1. The zero-order valence-electron chi connectivity index (χ0n) is 9.43. The molecule has 1 aromatic heterocycles. The summed E-state index contributed by atoms with van der Waals surface area (Å²) in [7, 11) is 3.39. The van der Waals surface area contributed by atoms with Crippen LogP contribution in [0.25, 0.3) is 0 Å². The van der Waals surface area contributed by atoms with E-state index in [2.05, 4.69) is 4.98 Å². The van der Waals surface area contributed by atoms with Crippen LogP contribution in [0, 0.1) is 0 Å². The second-order valence-electron chi connectivity index (χ2n) is 4.12. The van der Waals surface area contributed by atoms with Crippen molar-refractivity contribution < 1.29 is 9.53 Å². The van der Waals surface area contributed by atoms with Crippen molar-refractivity contribution >= 4 is 11.7 Å². The summed E-state index contributed by atoms with van der Waals surface area (Å²) in [5.41, 5.74) is 6.18. The molecular weight excluding hydrogens is 206 g/mol. The first-order valence-electron chi connectivity index (χ1n) is 5.21. The van der Waals surface area contributed by atoms with E-state index in [0.29, 0.717) is 17.1 Å². The number of rotatable bonds is 3. The number of carbonyl (C=O) groups is 1. The second-order valence-corrected chi connectivity index (χ2v) is 4.12. The monoisotopic (exact) mass is 221 g/mol. The van der Waals surface area contributed by atoms with Gasteiger partial charge in [0.2, 0.25) is 0 Å². The molecule has 0 spiro atoms. The molecule has 0 saturated heterocycles. The molecule has 5 nitrogen and oxygen atoms in total. The number of nitrogens with two attached hydrogens (primary N) is 1. The van der Waals surface area contributed by atoms with Crippen LogP contribution in [0.3, 0.4) is 0 Å². The van der Waals surface area contributed by atoms with Crippen LogP contribution in [0.5, 0.6) is 5.75 Å². The molecule has 1 heterocycles. The Kier molecular flexibility index (Phi) is 2.68. The number of carbonyl (C=O) groups excluding carboxylic acids is 1. The molecule has 1 saturated carbocycles. The molecule has 1 aliphatic carbocycles. The van der Waals surface area contributed by atoms with Crippen molar-refractivity contribution in [2.24, 2.45) is 0 Å². The van der Waals surface area contributed by atoms with Crippen molar-refractivity contribution in [3.8, 4) is 5.75 Å². The van der Waals surface area contributed by atoms with Crippen LogP contribution in [0.2, 0.25) is 0 Å². The average Bonchev–Trinajstić information content (AvgIpc) is 3.04. The van der Waals surface area contributed by atoms with Crippen molar-refractivity contribution in [2.45, 2.75) is 18.9 Å². The Hall–Kier alpha value is -1.78. The Morgan fingerprint density at radius 2 is 2.25 bits per heavy atom. The molecule has 0 radical (unpaired) electrons. The zero-order valence-corrected chi connectivity index (χ0v) is 9.43. The van der Waals surface area contributed by atoms with Gasteiger partial charge in [-0.25, -0.2) is 4.98 Å². The summed E-state index contributed by atoms with van der Waals surface area (Å²) in [4.78, 5) is 17.2. The average molecular weight is 221 g/mol. The van der Waals surface area contributed by atoms with E-state index in [0.717, 1.165) is 12.8 Å². The third-order valence-corrected chi connectivity index (χ3v) is 2.35. The van der Waals surface area contributed by atoms with E-state index in [1.165, 1.54) is 11.1 Å². The van der Waals surface area contributed by atoms with Crippen molar-refractivity contribution in [3.63, 3.8) is 0 Å². The largest absolute Gasteiger partial charge is 0.487 e. The van der Waals surface area contributed by atoms with Crippen molar-refractivity contribution in [2.75, 3.05) is 19.8 Å². The van der Waals surface area contributed by atoms with E-state index in [1.54, 1.807) is 20.2 Å². The van der Waals surface area contributed by atoms with Gasteiger partial charge in [0.1, 0.15) is 0 Å². The summed E-state index contributed by atoms with van der Waals surface area (Å²) < 4.78 is 5.57. The lowest BCUT2D eigenvalue weighted by Crippen LogP contribution is -2.22. The fourth-order valence-corrected chi connectivity index (χ4v) is 1.29. The van der Waals surface area contributed by atoms with Gasteiger partial charge in [0.25, 0.3) is 5.91 Å². The van der Waals surface area contributed by atoms with E-state index < -0.39 is 0 Å². The first-order valence-corrected chi connectivity index (χ1v) is 5.21. The van der Waals surface area contributed by atoms with E-state index in [-0.39, 0.29) is 12.0 Å². The molecular formula is C11H15N3O2. The lowest BCUT2D eigenvalue weighted by Gasteiger charge is -2.12.